The normalized spacial score (nSPS) is 13.1. The lowest BCUT2D eigenvalue weighted by molar-refractivity contribution is 0.534. The second kappa shape index (κ2) is 5.76. The molecule has 1 rings (SSSR count). The molecule has 2 nitrogen and oxygen atoms in total. The highest BCUT2D eigenvalue weighted by Crippen LogP contribution is 2.23. The summed E-state index contributed by atoms with van der Waals surface area (Å²) in [6.45, 7) is 4.10. The van der Waals surface area contributed by atoms with Crippen LogP contribution in [0.2, 0.25) is 0 Å². The Bertz CT molecular complexity index is 286. The van der Waals surface area contributed by atoms with Gasteiger partial charge in [-0.1, -0.05) is 15.9 Å². The van der Waals surface area contributed by atoms with Crippen molar-refractivity contribution in [3.63, 3.8) is 0 Å². The van der Waals surface area contributed by atoms with Crippen LogP contribution in [0.25, 0.3) is 0 Å². The van der Waals surface area contributed by atoms with Gasteiger partial charge in [-0.15, -0.1) is 11.6 Å². The van der Waals surface area contributed by atoms with E-state index in [0.29, 0.717) is 4.95 Å². The predicted octanol–water partition coefficient (Wildman–Crippen LogP) is 3.80. The van der Waals surface area contributed by atoms with E-state index in [9.17, 15) is 0 Å². The van der Waals surface area contributed by atoms with Crippen LogP contribution in [-0.4, -0.2) is 15.7 Å². The van der Waals surface area contributed by atoms with E-state index < -0.39 is 0 Å². The molecule has 0 aromatic carbocycles. The number of aryl methyl sites for hydroxylation is 2. The number of alkyl halides is 2. The Balaban J connectivity index is 2.51. The molecule has 1 aromatic heterocycles. The summed E-state index contributed by atoms with van der Waals surface area (Å²) < 4.78 is 2.03. The third-order valence-electron chi connectivity index (χ3n) is 2.14. The van der Waals surface area contributed by atoms with Crippen LogP contribution in [0.3, 0.4) is 0 Å². The zero-order valence-corrected chi connectivity index (χ0v) is 11.0. The van der Waals surface area contributed by atoms with Gasteiger partial charge in [-0.3, -0.25) is 4.68 Å². The largest absolute Gasteiger partial charge is 0.256 e. The lowest BCUT2D eigenvalue weighted by Crippen LogP contribution is -2.06. The van der Waals surface area contributed by atoms with E-state index in [4.69, 9.17) is 11.6 Å². The first-order chi connectivity index (χ1) is 6.65. The maximum atomic E-state index is 5.63. The summed E-state index contributed by atoms with van der Waals surface area (Å²) in [5.41, 5.74) is 2.28. The summed E-state index contributed by atoms with van der Waals surface area (Å²) in [5, 5.41) is 4.43. The van der Waals surface area contributed by atoms with E-state index in [1.54, 1.807) is 0 Å². The summed E-state index contributed by atoms with van der Waals surface area (Å²) >= 11 is 9.27. The van der Waals surface area contributed by atoms with Crippen LogP contribution in [0.1, 0.15) is 35.6 Å². The second-order valence-corrected chi connectivity index (χ2v) is 4.93. The molecular weight excluding hydrogens is 263 g/mol. The third kappa shape index (κ3) is 3.28. The van der Waals surface area contributed by atoms with E-state index in [1.165, 1.54) is 5.69 Å². The molecule has 0 aliphatic rings. The van der Waals surface area contributed by atoms with Crippen molar-refractivity contribution >= 4 is 27.5 Å². The molecule has 0 spiro atoms. The van der Waals surface area contributed by atoms with Crippen molar-refractivity contribution in [1.82, 2.24) is 9.78 Å². The van der Waals surface area contributed by atoms with Crippen molar-refractivity contribution in [2.45, 2.75) is 38.1 Å². The van der Waals surface area contributed by atoms with Gasteiger partial charge in [-0.05, 0) is 39.2 Å². The average molecular weight is 280 g/mol. The first-order valence-electron chi connectivity index (χ1n) is 4.88. The Hall–Kier alpha value is -0.0200. The second-order valence-electron chi connectivity index (χ2n) is 3.49. The van der Waals surface area contributed by atoms with Crippen molar-refractivity contribution in [2.75, 3.05) is 5.88 Å². The minimum absolute atomic E-state index is 0.305. The van der Waals surface area contributed by atoms with Gasteiger partial charge in [0.15, 0.2) is 0 Å². The molecule has 0 radical (unpaired) electrons. The maximum absolute atomic E-state index is 5.63. The quantitative estimate of drug-likeness (QED) is 0.592. The van der Waals surface area contributed by atoms with Crippen molar-refractivity contribution in [2.24, 2.45) is 0 Å². The van der Waals surface area contributed by atoms with Gasteiger partial charge >= 0.3 is 0 Å². The van der Waals surface area contributed by atoms with Crippen molar-refractivity contribution in [3.8, 4) is 0 Å². The van der Waals surface area contributed by atoms with Gasteiger partial charge in [0.25, 0.3) is 0 Å². The molecule has 1 aromatic rings. The molecule has 1 unspecified atom stereocenters. The first-order valence-corrected chi connectivity index (χ1v) is 6.33. The maximum Gasteiger partial charge on any atom is 0.107 e. The summed E-state index contributed by atoms with van der Waals surface area (Å²) in [4.78, 5) is 0.305. The van der Waals surface area contributed by atoms with E-state index in [2.05, 4.69) is 34.0 Å². The standard InChI is InChI=1S/C10H16BrClN2/c1-8-7-9(2)14(13-8)10(11)5-3-4-6-12/h7,10H,3-6H2,1-2H3. The van der Waals surface area contributed by atoms with Gasteiger partial charge in [0, 0.05) is 11.6 Å². The molecule has 0 aliphatic heterocycles. The molecule has 1 heterocycles. The monoisotopic (exact) mass is 278 g/mol. The van der Waals surface area contributed by atoms with Gasteiger partial charge < -0.3 is 0 Å². The van der Waals surface area contributed by atoms with Crippen LogP contribution >= 0.6 is 27.5 Å². The Morgan fingerprint density at radius 2 is 2.21 bits per heavy atom. The summed E-state index contributed by atoms with van der Waals surface area (Å²) in [6, 6.07) is 2.09. The Labute approximate surface area is 98.8 Å². The van der Waals surface area contributed by atoms with Crippen LogP contribution < -0.4 is 0 Å². The molecule has 14 heavy (non-hydrogen) atoms. The first kappa shape index (κ1) is 12.1. The minimum atomic E-state index is 0.305. The summed E-state index contributed by atoms with van der Waals surface area (Å²) in [7, 11) is 0. The zero-order chi connectivity index (χ0) is 10.6. The Morgan fingerprint density at radius 3 is 2.71 bits per heavy atom. The third-order valence-corrected chi connectivity index (χ3v) is 3.25. The fourth-order valence-corrected chi connectivity index (χ4v) is 2.39. The highest BCUT2D eigenvalue weighted by atomic mass is 79.9. The van der Waals surface area contributed by atoms with Crippen LogP contribution in [0.5, 0.6) is 0 Å². The molecule has 1 atom stereocenters. The summed E-state index contributed by atoms with van der Waals surface area (Å²) in [5.74, 6) is 0.747. The molecule has 0 N–H and O–H groups in total. The zero-order valence-electron chi connectivity index (χ0n) is 8.63. The van der Waals surface area contributed by atoms with E-state index in [1.807, 2.05) is 11.6 Å². The Morgan fingerprint density at radius 1 is 1.50 bits per heavy atom. The highest BCUT2D eigenvalue weighted by molar-refractivity contribution is 9.09. The number of halogens is 2. The number of unbranched alkanes of at least 4 members (excludes halogenated alkanes) is 1. The van der Waals surface area contributed by atoms with Gasteiger partial charge in [0.05, 0.1) is 5.69 Å². The lowest BCUT2D eigenvalue weighted by atomic mass is 10.2. The van der Waals surface area contributed by atoms with Crippen molar-refractivity contribution < 1.29 is 0 Å². The fourth-order valence-electron chi connectivity index (χ4n) is 1.46. The number of aromatic nitrogens is 2. The molecule has 0 fully saturated rings. The van der Waals surface area contributed by atoms with Crippen LogP contribution in [0.4, 0.5) is 0 Å². The number of hydrogen-bond donors (Lipinski definition) is 0. The SMILES string of the molecule is Cc1cc(C)n(C(Br)CCCCCl)n1. The molecule has 80 valence electrons. The van der Waals surface area contributed by atoms with Crippen molar-refractivity contribution in [1.29, 1.82) is 0 Å². The molecule has 0 amide bonds. The lowest BCUT2D eigenvalue weighted by Gasteiger charge is -2.11. The van der Waals surface area contributed by atoms with Crippen LogP contribution in [-0.2, 0) is 0 Å². The molecule has 0 saturated carbocycles. The topological polar surface area (TPSA) is 17.8 Å². The molecule has 0 bridgehead atoms. The van der Waals surface area contributed by atoms with E-state index >= 15 is 0 Å². The smallest absolute Gasteiger partial charge is 0.107 e. The van der Waals surface area contributed by atoms with E-state index in [0.717, 1.165) is 30.8 Å². The minimum Gasteiger partial charge on any atom is -0.256 e. The number of hydrogen-bond acceptors (Lipinski definition) is 1. The summed E-state index contributed by atoms with van der Waals surface area (Å²) in [6.07, 6.45) is 3.29. The highest BCUT2D eigenvalue weighted by Gasteiger charge is 2.09. The Kier molecular flexibility index (Phi) is 4.96. The van der Waals surface area contributed by atoms with Crippen LogP contribution in [0, 0.1) is 13.8 Å². The van der Waals surface area contributed by atoms with Gasteiger partial charge in [0.1, 0.15) is 4.95 Å². The predicted molar refractivity (Wildman–Crippen MR) is 64.2 cm³/mol. The fraction of sp³-hybridized carbons (Fsp3) is 0.700. The average Bonchev–Trinajstić information content (AvgIpc) is 2.45. The van der Waals surface area contributed by atoms with Crippen molar-refractivity contribution in [3.05, 3.63) is 17.5 Å². The van der Waals surface area contributed by atoms with E-state index in [-0.39, 0.29) is 0 Å². The number of nitrogens with zero attached hydrogens (tertiary/aromatic N) is 2. The number of rotatable bonds is 5. The van der Waals surface area contributed by atoms with Gasteiger partial charge in [-0.25, -0.2) is 0 Å². The molecule has 0 saturated heterocycles. The van der Waals surface area contributed by atoms with Crippen LogP contribution in [0.15, 0.2) is 6.07 Å². The molecule has 4 heteroatoms. The molecule has 0 aliphatic carbocycles. The molecular formula is C10H16BrClN2. The van der Waals surface area contributed by atoms with Gasteiger partial charge in [-0.2, -0.15) is 5.10 Å². The van der Waals surface area contributed by atoms with Gasteiger partial charge in [0.2, 0.25) is 0 Å².